The van der Waals surface area contributed by atoms with Crippen LogP contribution in [0.25, 0.3) is 0 Å². The van der Waals surface area contributed by atoms with Crippen molar-refractivity contribution in [1.82, 2.24) is 10.2 Å². The van der Waals surface area contributed by atoms with Gasteiger partial charge in [-0.3, -0.25) is 4.79 Å². The molecule has 2 heterocycles. The van der Waals surface area contributed by atoms with Gasteiger partial charge in [0.05, 0.1) is 36.9 Å². The van der Waals surface area contributed by atoms with Crippen molar-refractivity contribution in [2.45, 2.75) is 52.6 Å². The quantitative estimate of drug-likeness (QED) is 0.505. The smallest absolute Gasteiger partial charge is 0.338 e. The van der Waals surface area contributed by atoms with Crippen molar-refractivity contribution >= 4 is 28.8 Å². The lowest BCUT2D eigenvalue weighted by Gasteiger charge is -2.37. The monoisotopic (exact) mass is 489 g/mol. The highest BCUT2D eigenvalue weighted by molar-refractivity contribution is 8.16. The van der Waals surface area contributed by atoms with Crippen molar-refractivity contribution in [2.24, 2.45) is 4.99 Å². The molecule has 7 heteroatoms. The van der Waals surface area contributed by atoms with Crippen LogP contribution in [-0.4, -0.2) is 29.1 Å². The molecule has 2 aliphatic heterocycles. The fourth-order valence-electron chi connectivity index (χ4n) is 4.62. The summed E-state index contributed by atoms with van der Waals surface area (Å²) in [6, 6.07) is 15.6. The van der Waals surface area contributed by atoms with Gasteiger partial charge < -0.3 is 15.0 Å². The van der Waals surface area contributed by atoms with Gasteiger partial charge in [0.15, 0.2) is 5.17 Å². The highest BCUT2D eigenvalue weighted by Crippen LogP contribution is 2.46. The summed E-state index contributed by atoms with van der Waals surface area (Å²) in [5.41, 5.74) is 6.33. The molecule has 0 saturated heterocycles. The Morgan fingerprint density at radius 2 is 1.91 bits per heavy atom. The molecule has 2 aromatic rings. The van der Waals surface area contributed by atoms with E-state index in [9.17, 15) is 9.59 Å². The molecule has 2 atom stereocenters. The molecule has 2 unspecified atom stereocenters. The first-order chi connectivity index (χ1) is 16.8. The molecule has 182 valence electrons. The third-order valence-electron chi connectivity index (χ3n) is 6.37. The number of methoxy groups -OCH3 is 1. The number of aryl methyl sites for hydroxylation is 2. The second kappa shape index (κ2) is 10.5. The maximum absolute atomic E-state index is 13.1. The summed E-state index contributed by atoms with van der Waals surface area (Å²) in [6.45, 7) is 8.07. The van der Waals surface area contributed by atoms with Gasteiger partial charge in [0, 0.05) is 5.70 Å². The number of nitrogens with one attached hydrogen (secondary N) is 1. The lowest BCUT2D eigenvalue weighted by molar-refractivity contribution is -0.136. The first kappa shape index (κ1) is 24.8. The topological polar surface area (TPSA) is 71.0 Å². The number of amidine groups is 1. The molecule has 0 fully saturated rings. The number of aliphatic imine (C=N–C) groups is 1. The zero-order valence-electron chi connectivity index (χ0n) is 20.8. The largest absolute Gasteiger partial charge is 0.466 e. The number of carbonyl (C=O) groups excluding carboxylic acids is 2. The Hall–Kier alpha value is -3.32. The van der Waals surface area contributed by atoms with Gasteiger partial charge in [-0.1, -0.05) is 72.8 Å². The van der Waals surface area contributed by atoms with Gasteiger partial charge in [0.25, 0.3) is 0 Å². The van der Waals surface area contributed by atoms with Crippen LogP contribution < -0.4 is 5.32 Å². The average molecular weight is 490 g/mol. The number of esters is 1. The number of hydrogen-bond acceptors (Lipinski definition) is 6. The van der Waals surface area contributed by atoms with Crippen molar-refractivity contribution in [1.29, 1.82) is 0 Å². The van der Waals surface area contributed by atoms with Crippen LogP contribution in [0.5, 0.6) is 0 Å². The van der Waals surface area contributed by atoms with Gasteiger partial charge in [0.2, 0.25) is 5.91 Å². The number of rotatable bonds is 7. The number of carbonyl (C=O) groups is 2. The fourth-order valence-corrected chi connectivity index (χ4v) is 5.56. The molecule has 1 N–H and O–H groups in total. The van der Waals surface area contributed by atoms with E-state index in [1.807, 2.05) is 61.4 Å². The summed E-state index contributed by atoms with van der Waals surface area (Å²) < 4.78 is 5.21. The van der Waals surface area contributed by atoms with Gasteiger partial charge in [-0.05, 0) is 49.3 Å². The fraction of sp³-hybridized carbons (Fsp3) is 0.321. The first-order valence-electron chi connectivity index (χ1n) is 11.8. The molecule has 0 spiro atoms. The number of amides is 1. The van der Waals surface area contributed by atoms with Gasteiger partial charge >= 0.3 is 5.97 Å². The first-order valence-corrected chi connectivity index (χ1v) is 12.7. The molecule has 2 aliphatic rings. The average Bonchev–Trinajstić information content (AvgIpc) is 3.25. The zero-order valence-corrected chi connectivity index (χ0v) is 21.6. The van der Waals surface area contributed by atoms with Gasteiger partial charge in [-0.25, -0.2) is 9.79 Å². The van der Waals surface area contributed by atoms with Crippen LogP contribution in [0.2, 0.25) is 0 Å². The van der Waals surface area contributed by atoms with E-state index in [-0.39, 0.29) is 18.4 Å². The van der Waals surface area contributed by atoms with E-state index in [0.29, 0.717) is 12.0 Å². The molecule has 35 heavy (non-hydrogen) atoms. The number of thioether (sulfide) groups is 1. The molecular weight excluding hydrogens is 458 g/mol. The Morgan fingerprint density at radius 3 is 2.57 bits per heavy atom. The minimum atomic E-state index is -0.411. The number of ether oxygens (including phenoxy) is 1. The maximum atomic E-state index is 13.1. The summed E-state index contributed by atoms with van der Waals surface area (Å²) >= 11 is 1.49. The Labute approximate surface area is 211 Å². The lowest BCUT2D eigenvalue weighted by atomic mass is 9.89. The lowest BCUT2D eigenvalue weighted by Crippen LogP contribution is -2.38. The summed E-state index contributed by atoms with van der Waals surface area (Å²) in [4.78, 5) is 32.9. The van der Waals surface area contributed by atoms with Gasteiger partial charge in [-0.2, -0.15) is 0 Å². The zero-order chi connectivity index (χ0) is 25.1. The van der Waals surface area contributed by atoms with E-state index >= 15 is 0 Å². The second-order valence-electron chi connectivity index (χ2n) is 8.84. The van der Waals surface area contributed by atoms with Gasteiger partial charge in [0.1, 0.15) is 0 Å². The molecule has 0 radical (unpaired) electrons. The summed E-state index contributed by atoms with van der Waals surface area (Å²) in [5, 5.41) is 5.84. The number of allylic oxidation sites excluding steroid dienone is 1. The highest BCUT2D eigenvalue weighted by Gasteiger charge is 2.42. The van der Waals surface area contributed by atoms with E-state index in [2.05, 4.69) is 30.4 Å². The third kappa shape index (κ3) is 5.05. The van der Waals surface area contributed by atoms with Crippen LogP contribution in [-0.2, 0) is 14.3 Å². The molecule has 0 saturated carbocycles. The summed E-state index contributed by atoms with van der Waals surface area (Å²) in [5.74, 6) is -0.480. The second-order valence-corrected chi connectivity index (χ2v) is 9.67. The molecule has 1 amide bonds. The van der Waals surface area contributed by atoms with E-state index in [0.717, 1.165) is 38.8 Å². The van der Waals surface area contributed by atoms with Crippen LogP contribution in [0.1, 0.15) is 61.0 Å². The normalized spacial score (nSPS) is 18.0. The summed E-state index contributed by atoms with van der Waals surface area (Å²) in [6.07, 6.45) is 0.786. The Bertz CT molecular complexity index is 1230. The number of benzene rings is 2. The number of nitrogens with zero attached hydrogens (tertiary/aromatic N) is 2. The molecule has 6 nitrogen and oxygen atoms in total. The molecule has 0 aliphatic carbocycles. The van der Waals surface area contributed by atoms with E-state index in [4.69, 9.17) is 9.73 Å². The van der Waals surface area contributed by atoms with Crippen molar-refractivity contribution in [3.63, 3.8) is 0 Å². The van der Waals surface area contributed by atoms with Crippen LogP contribution >= 0.6 is 11.8 Å². The Balaban J connectivity index is 1.68. The van der Waals surface area contributed by atoms with Crippen LogP contribution in [0.3, 0.4) is 0 Å². The predicted molar refractivity (Wildman–Crippen MR) is 141 cm³/mol. The minimum Gasteiger partial charge on any atom is -0.466 e. The summed E-state index contributed by atoms with van der Waals surface area (Å²) in [7, 11) is 1.40. The van der Waals surface area contributed by atoms with Crippen molar-refractivity contribution < 1.29 is 14.3 Å². The standard InChI is InChI=1S/C28H31N3O3S/c1-6-23-25(27(33)34-5)26(22-13-12-17(2)14-18(22)3)31-21(16-35-28(31)30-23)15-24(32)29-19(4)20-10-8-7-9-11-20/h7-14,16,19,26H,6,15H2,1-5H3,(H,29,32). The maximum Gasteiger partial charge on any atom is 0.338 e. The molecule has 0 aromatic heterocycles. The van der Waals surface area contributed by atoms with E-state index < -0.39 is 12.0 Å². The SMILES string of the molecule is CCC1=C(C(=O)OC)C(c2ccc(C)cc2C)N2C(CC(=O)NC(C)c3ccccc3)=CSC2=N1. The number of hydrogen-bond donors (Lipinski definition) is 1. The Kier molecular flexibility index (Phi) is 7.45. The van der Waals surface area contributed by atoms with Crippen LogP contribution in [0.15, 0.2) is 75.9 Å². The molecule has 2 aromatic carbocycles. The van der Waals surface area contributed by atoms with Crippen molar-refractivity contribution in [2.75, 3.05) is 7.11 Å². The molecule has 4 rings (SSSR count). The van der Waals surface area contributed by atoms with E-state index in [1.165, 1.54) is 18.9 Å². The number of fused-ring (bicyclic) bond motifs is 1. The van der Waals surface area contributed by atoms with Gasteiger partial charge in [-0.15, -0.1) is 0 Å². The third-order valence-corrected chi connectivity index (χ3v) is 7.26. The minimum absolute atomic E-state index is 0.0845. The van der Waals surface area contributed by atoms with Crippen molar-refractivity contribution in [3.8, 4) is 0 Å². The Morgan fingerprint density at radius 1 is 1.17 bits per heavy atom. The van der Waals surface area contributed by atoms with Crippen LogP contribution in [0.4, 0.5) is 0 Å². The highest BCUT2D eigenvalue weighted by atomic mass is 32.2. The molecule has 0 bridgehead atoms. The molecular formula is C28H31N3O3S. The van der Waals surface area contributed by atoms with Crippen LogP contribution in [0, 0.1) is 13.8 Å². The van der Waals surface area contributed by atoms with Crippen molar-refractivity contribution in [3.05, 3.63) is 93.2 Å². The van der Waals surface area contributed by atoms with E-state index in [1.54, 1.807) is 0 Å². The predicted octanol–water partition coefficient (Wildman–Crippen LogP) is 5.71.